The quantitative estimate of drug-likeness (QED) is 0.465. The molecule has 2 aromatic carbocycles. The SMILES string of the molecule is C=CC(=O)N1CCC[C@@H](NC(=O)C2=C3NC(=O)N(c4ccc(Oc5ccccc5)c(C)c4)C4CCNC(S2)C34)C1. The van der Waals surface area contributed by atoms with Crippen LogP contribution in [-0.4, -0.2) is 59.8 Å². The van der Waals surface area contributed by atoms with Gasteiger partial charge in [-0.3, -0.25) is 14.5 Å². The van der Waals surface area contributed by atoms with Crippen molar-refractivity contribution in [2.24, 2.45) is 5.92 Å². The van der Waals surface area contributed by atoms with E-state index < -0.39 is 0 Å². The first-order valence-corrected chi connectivity index (χ1v) is 14.6. The normalized spacial score (nSPS) is 25.7. The average Bonchev–Trinajstić information content (AvgIpc) is 3.34. The fourth-order valence-electron chi connectivity index (χ4n) is 6.11. The number of hydrogen-bond acceptors (Lipinski definition) is 6. The summed E-state index contributed by atoms with van der Waals surface area (Å²) in [6, 6.07) is 15.0. The van der Waals surface area contributed by atoms with Gasteiger partial charge in [0.2, 0.25) is 5.91 Å². The molecule has 4 aliphatic rings. The van der Waals surface area contributed by atoms with E-state index in [9.17, 15) is 14.4 Å². The zero-order chi connectivity index (χ0) is 27.8. The van der Waals surface area contributed by atoms with Gasteiger partial charge in [-0.25, -0.2) is 4.79 Å². The van der Waals surface area contributed by atoms with E-state index in [-0.39, 0.29) is 41.2 Å². The molecular weight excluding hydrogens is 526 g/mol. The third-order valence-corrected chi connectivity index (χ3v) is 9.35. The van der Waals surface area contributed by atoms with Crippen LogP contribution in [0, 0.1) is 12.8 Å². The van der Waals surface area contributed by atoms with Crippen molar-refractivity contribution in [3.05, 3.63) is 77.4 Å². The van der Waals surface area contributed by atoms with E-state index in [0.717, 1.165) is 48.6 Å². The smallest absolute Gasteiger partial charge is 0.326 e. The van der Waals surface area contributed by atoms with Crippen molar-refractivity contribution in [1.29, 1.82) is 0 Å². The van der Waals surface area contributed by atoms with Crippen LogP contribution >= 0.6 is 11.8 Å². The fourth-order valence-corrected chi connectivity index (χ4v) is 7.51. The number of amides is 4. The van der Waals surface area contributed by atoms with E-state index in [1.165, 1.54) is 17.8 Å². The van der Waals surface area contributed by atoms with Crippen LogP contribution in [0.25, 0.3) is 0 Å². The van der Waals surface area contributed by atoms with Crippen molar-refractivity contribution >= 4 is 35.3 Å². The number of urea groups is 1. The summed E-state index contributed by atoms with van der Waals surface area (Å²) in [5, 5.41) is 9.72. The summed E-state index contributed by atoms with van der Waals surface area (Å²) in [6.07, 6.45) is 3.71. The minimum atomic E-state index is -0.235. The molecule has 0 bridgehead atoms. The van der Waals surface area contributed by atoms with E-state index in [4.69, 9.17) is 4.74 Å². The molecule has 0 aromatic heterocycles. The Kier molecular flexibility index (Phi) is 7.29. The average molecular weight is 560 g/mol. The molecule has 0 radical (unpaired) electrons. The van der Waals surface area contributed by atoms with E-state index in [1.54, 1.807) is 4.90 Å². The maximum absolute atomic E-state index is 13.6. The standard InChI is InChI=1S/C30H33N5O4S/c1-3-24(36)34-15-7-8-19(17-34)32-28(37)27-26-25-22(13-14-31-29(25)40-27)35(30(38)33-26)20-11-12-23(18(2)16-20)39-21-9-5-4-6-10-21/h3-6,9-12,16,19,22,25,29,31H,1,7-8,13-15,17H2,2H3,(H,32,37)(H,33,38)/t19-,22?,25?,29?/m1/s1. The van der Waals surface area contributed by atoms with Crippen LogP contribution < -0.4 is 25.6 Å². The number of carbonyl (C=O) groups excluding carboxylic acids is 3. The van der Waals surface area contributed by atoms with Crippen LogP contribution in [0.15, 0.2) is 71.8 Å². The number of hydrogen-bond donors (Lipinski definition) is 3. The Bertz CT molecular complexity index is 1380. The van der Waals surface area contributed by atoms with E-state index in [0.29, 0.717) is 23.7 Å². The van der Waals surface area contributed by atoms with Gasteiger partial charge in [0.05, 0.1) is 16.3 Å². The number of para-hydroxylation sites is 1. The topological polar surface area (TPSA) is 103 Å². The molecule has 3 N–H and O–H groups in total. The van der Waals surface area contributed by atoms with Crippen molar-refractivity contribution in [1.82, 2.24) is 20.9 Å². The largest absolute Gasteiger partial charge is 0.457 e. The number of thioether (sulfide) groups is 1. The summed E-state index contributed by atoms with van der Waals surface area (Å²) in [4.78, 5) is 43.2. The molecule has 9 nitrogen and oxygen atoms in total. The molecule has 3 unspecified atom stereocenters. The summed E-state index contributed by atoms with van der Waals surface area (Å²) >= 11 is 1.48. The van der Waals surface area contributed by atoms with E-state index >= 15 is 0 Å². The maximum atomic E-state index is 13.6. The molecule has 0 spiro atoms. The van der Waals surface area contributed by atoms with Crippen LogP contribution in [0.5, 0.6) is 11.5 Å². The first-order valence-electron chi connectivity index (χ1n) is 13.7. The third kappa shape index (κ3) is 4.97. The van der Waals surface area contributed by atoms with Crippen molar-refractivity contribution in [3.63, 3.8) is 0 Å². The number of piperidine rings is 2. The second-order valence-electron chi connectivity index (χ2n) is 10.6. The molecule has 0 saturated carbocycles. The highest BCUT2D eigenvalue weighted by Crippen LogP contribution is 2.48. The maximum Gasteiger partial charge on any atom is 0.326 e. The first kappa shape index (κ1) is 26.5. The van der Waals surface area contributed by atoms with Crippen LogP contribution in [0.2, 0.25) is 0 Å². The summed E-state index contributed by atoms with van der Waals surface area (Å²) in [5.74, 6) is 1.14. The Morgan fingerprint density at radius 3 is 2.77 bits per heavy atom. The zero-order valence-corrected chi connectivity index (χ0v) is 23.2. The molecule has 4 amide bonds. The molecule has 208 valence electrons. The van der Waals surface area contributed by atoms with Gasteiger partial charge in [0.15, 0.2) is 0 Å². The predicted octanol–water partition coefficient (Wildman–Crippen LogP) is 3.87. The summed E-state index contributed by atoms with van der Waals surface area (Å²) in [7, 11) is 0. The lowest BCUT2D eigenvalue weighted by Crippen LogP contribution is -2.62. The lowest BCUT2D eigenvalue weighted by atomic mass is 9.86. The van der Waals surface area contributed by atoms with Gasteiger partial charge in [-0.2, -0.15) is 0 Å². The molecule has 4 atom stereocenters. The molecule has 40 heavy (non-hydrogen) atoms. The van der Waals surface area contributed by atoms with Crippen LogP contribution in [0.4, 0.5) is 10.5 Å². The predicted molar refractivity (Wildman–Crippen MR) is 155 cm³/mol. The second kappa shape index (κ2) is 11.0. The minimum Gasteiger partial charge on any atom is -0.457 e. The molecule has 4 heterocycles. The number of nitrogens with zero attached hydrogens (tertiary/aromatic N) is 2. The van der Waals surface area contributed by atoms with Crippen molar-refractivity contribution < 1.29 is 19.1 Å². The van der Waals surface area contributed by atoms with E-state index in [2.05, 4.69) is 22.5 Å². The number of ether oxygens (including phenoxy) is 1. The number of carbonyl (C=O) groups is 3. The number of likely N-dealkylation sites (tertiary alicyclic amines) is 1. The fraction of sp³-hybridized carbons (Fsp3) is 0.367. The van der Waals surface area contributed by atoms with Gasteiger partial charge in [0, 0.05) is 36.4 Å². The molecule has 4 aliphatic heterocycles. The van der Waals surface area contributed by atoms with Gasteiger partial charge in [0.25, 0.3) is 5.91 Å². The number of nitrogens with one attached hydrogen (secondary N) is 3. The van der Waals surface area contributed by atoms with Gasteiger partial charge >= 0.3 is 6.03 Å². The highest BCUT2D eigenvalue weighted by molar-refractivity contribution is 8.04. The lowest BCUT2D eigenvalue weighted by molar-refractivity contribution is -0.128. The summed E-state index contributed by atoms with van der Waals surface area (Å²) in [6.45, 7) is 7.43. The first-order chi connectivity index (χ1) is 19.4. The van der Waals surface area contributed by atoms with Gasteiger partial charge in [-0.15, -0.1) is 0 Å². The van der Waals surface area contributed by atoms with Crippen molar-refractivity contribution in [2.45, 2.75) is 43.6 Å². The van der Waals surface area contributed by atoms with Crippen molar-refractivity contribution in [2.75, 3.05) is 24.5 Å². The molecule has 2 aromatic rings. The number of anilines is 1. The Morgan fingerprint density at radius 2 is 2.00 bits per heavy atom. The monoisotopic (exact) mass is 559 g/mol. The van der Waals surface area contributed by atoms with Gasteiger partial charge in [-0.1, -0.05) is 36.5 Å². The van der Waals surface area contributed by atoms with Gasteiger partial charge < -0.3 is 25.6 Å². The molecule has 3 fully saturated rings. The summed E-state index contributed by atoms with van der Waals surface area (Å²) in [5.41, 5.74) is 2.43. The lowest BCUT2D eigenvalue weighted by Gasteiger charge is -2.46. The van der Waals surface area contributed by atoms with Crippen LogP contribution in [0.1, 0.15) is 24.8 Å². The minimum absolute atomic E-state index is 0.00965. The Morgan fingerprint density at radius 1 is 1.18 bits per heavy atom. The van der Waals surface area contributed by atoms with Gasteiger partial charge in [0.1, 0.15) is 11.5 Å². The number of aryl methyl sites for hydroxylation is 1. The van der Waals surface area contributed by atoms with Crippen LogP contribution in [-0.2, 0) is 9.59 Å². The third-order valence-electron chi connectivity index (χ3n) is 8.00. The second-order valence-corrected chi connectivity index (χ2v) is 11.7. The number of benzene rings is 2. The van der Waals surface area contributed by atoms with E-state index in [1.807, 2.05) is 60.4 Å². The summed E-state index contributed by atoms with van der Waals surface area (Å²) < 4.78 is 6.05. The molecule has 3 saturated heterocycles. The Balaban J connectivity index is 1.21. The zero-order valence-electron chi connectivity index (χ0n) is 22.4. The Hall–Kier alpha value is -3.76. The molecule has 10 heteroatoms. The van der Waals surface area contributed by atoms with Crippen LogP contribution in [0.3, 0.4) is 0 Å². The number of rotatable bonds is 6. The molecular formula is C30H33N5O4S. The molecule has 0 aliphatic carbocycles. The Labute approximate surface area is 238 Å². The van der Waals surface area contributed by atoms with Gasteiger partial charge in [-0.05, 0) is 74.7 Å². The molecule has 6 rings (SSSR count). The highest BCUT2D eigenvalue weighted by Gasteiger charge is 2.51. The highest BCUT2D eigenvalue weighted by atomic mass is 32.2. The van der Waals surface area contributed by atoms with Crippen molar-refractivity contribution in [3.8, 4) is 11.5 Å².